The number of rotatable bonds is 4. The first kappa shape index (κ1) is 17.0. The number of ether oxygens (including phenoxy) is 1. The highest BCUT2D eigenvalue weighted by atomic mass is 79.9. The van der Waals surface area contributed by atoms with Gasteiger partial charge in [0, 0.05) is 16.2 Å². The van der Waals surface area contributed by atoms with Crippen LogP contribution in [0.1, 0.15) is 10.4 Å². The van der Waals surface area contributed by atoms with E-state index < -0.39 is 35.9 Å². The lowest BCUT2D eigenvalue weighted by Crippen LogP contribution is -2.21. The van der Waals surface area contributed by atoms with Crippen LogP contribution < -0.4 is 5.32 Å². The number of carbonyl (C=O) groups is 2. The molecule has 0 aromatic heterocycles. The van der Waals surface area contributed by atoms with Crippen LogP contribution in [0, 0.1) is 17.5 Å². The summed E-state index contributed by atoms with van der Waals surface area (Å²) < 4.78 is 44.4. The molecule has 0 atom stereocenters. The second-order valence-electron chi connectivity index (χ2n) is 4.38. The summed E-state index contributed by atoms with van der Waals surface area (Å²) in [6.07, 6.45) is 0. The van der Waals surface area contributed by atoms with E-state index in [0.29, 0.717) is 4.47 Å². The van der Waals surface area contributed by atoms with Crippen LogP contribution in [0.4, 0.5) is 18.9 Å². The fraction of sp³-hybridized carbons (Fsp3) is 0.0667. The number of carbonyl (C=O) groups excluding carboxylic acids is 2. The Morgan fingerprint density at radius 1 is 1.00 bits per heavy atom. The average Bonchev–Trinajstić information content (AvgIpc) is 2.48. The van der Waals surface area contributed by atoms with Crippen molar-refractivity contribution < 1.29 is 27.5 Å². The van der Waals surface area contributed by atoms with Crippen molar-refractivity contribution >= 4 is 33.5 Å². The average molecular weight is 388 g/mol. The fourth-order valence-corrected chi connectivity index (χ4v) is 1.97. The molecular formula is C15H9BrF3NO3. The van der Waals surface area contributed by atoms with Gasteiger partial charge in [-0.25, -0.2) is 18.0 Å². The molecule has 2 aromatic rings. The van der Waals surface area contributed by atoms with Crippen molar-refractivity contribution in [1.82, 2.24) is 0 Å². The van der Waals surface area contributed by atoms with Crippen LogP contribution in [0.25, 0.3) is 0 Å². The summed E-state index contributed by atoms with van der Waals surface area (Å²) in [6.45, 7) is -0.701. The van der Waals surface area contributed by atoms with E-state index in [1.54, 1.807) is 0 Å². The minimum Gasteiger partial charge on any atom is -0.452 e. The quantitative estimate of drug-likeness (QED) is 0.814. The third-order valence-electron chi connectivity index (χ3n) is 2.69. The molecule has 0 aliphatic carbocycles. The van der Waals surface area contributed by atoms with Crippen molar-refractivity contribution in [2.24, 2.45) is 0 Å². The minimum absolute atomic E-state index is 0.000212. The Labute approximate surface area is 137 Å². The van der Waals surface area contributed by atoms with Crippen molar-refractivity contribution in [3.05, 3.63) is 63.9 Å². The maximum Gasteiger partial charge on any atom is 0.341 e. The predicted octanol–water partition coefficient (Wildman–Crippen LogP) is 3.66. The van der Waals surface area contributed by atoms with Crippen LogP contribution >= 0.6 is 15.9 Å². The predicted molar refractivity (Wildman–Crippen MR) is 79.4 cm³/mol. The van der Waals surface area contributed by atoms with E-state index in [-0.39, 0.29) is 11.3 Å². The Balaban J connectivity index is 1.93. The Hall–Kier alpha value is -2.35. The lowest BCUT2D eigenvalue weighted by molar-refractivity contribution is -0.119. The summed E-state index contributed by atoms with van der Waals surface area (Å²) in [5.74, 6) is -4.78. The van der Waals surface area contributed by atoms with Crippen molar-refractivity contribution in [3.63, 3.8) is 0 Å². The lowest BCUT2D eigenvalue weighted by Gasteiger charge is -2.07. The van der Waals surface area contributed by atoms with Gasteiger partial charge in [-0.2, -0.15) is 0 Å². The molecule has 0 spiro atoms. The molecule has 0 heterocycles. The van der Waals surface area contributed by atoms with Crippen molar-refractivity contribution in [1.29, 1.82) is 0 Å². The fourth-order valence-electron chi connectivity index (χ4n) is 1.63. The Kier molecular flexibility index (Phi) is 5.38. The highest BCUT2D eigenvalue weighted by molar-refractivity contribution is 9.10. The first-order valence-electron chi connectivity index (χ1n) is 6.24. The maximum absolute atomic E-state index is 13.5. The summed E-state index contributed by atoms with van der Waals surface area (Å²) >= 11 is 3.04. The first-order valence-corrected chi connectivity index (χ1v) is 7.03. The molecule has 4 nitrogen and oxygen atoms in total. The number of benzene rings is 2. The molecule has 2 aromatic carbocycles. The second kappa shape index (κ2) is 7.28. The molecular weight excluding hydrogens is 379 g/mol. The van der Waals surface area contributed by atoms with Gasteiger partial charge in [0.1, 0.15) is 5.82 Å². The standard InChI is InChI=1S/C15H9BrF3NO3/c16-8-1-3-10(12(18)5-8)15(22)23-7-14(21)20-9-2-4-11(17)13(19)6-9/h1-6H,7H2,(H,20,21). The van der Waals surface area contributed by atoms with Gasteiger partial charge in [0.15, 0.2) is 18.2 Å². The second-order valence-corrected chi connectivity index (χ2v) is 5.29. The number of nitrogens with one attached hydrogen (secondary N) is 1. The lowest BCUT2D eigenvalue weighted by atomic mass is 10.2. The van der Waals surface area contributed by atoms with Crippen LogP contribution in [0.15, 0.2) is 40.9 Å². The van der Waals surface area contributed by atoms with E-state index in [1.807, 2.05) is 0 Å². The van der Waals surface area contributed by atoms with Crippen LogP contribution in [0.5, 0.6) is 0 Å². The maximum atomic E-state index is 13.5. The Morgan fingerprint density at radius 2 is 1.74 bits per heavy atom. The van der Waals surface area contributed by atoms with E-state index in [9.17, 15) is 22.8 Å². The highest BCUT2D eigenvalue weighted by Gasteiger charge is 2.15. The van der Waals surface area contributed by atoms with Crippen LogP contribution in [-0.2, 0) is 9.53 Å². The smallest absolute Gasteiger partial charge is 0.341 e. The van der Waals surface area contributed by atoms with Gasteiger partial charge < -0.3 is 10.1 Å². The molecule has 2 rings (SSSR count). The first-order chi connectivity index (χ1) is 10.9. The zero-order valence-corrected chi connectivity index (χ0v) is 13.0. The molecule has 0 fully saturated rings. The summed E-state index contributed by atoms with van der Waals surface area (Å²) in [5.41, 5.74) is -0.325. The zero-order valence-electron chi connectivity index (χ0n) is 11.4. The van der Waals surface area contributed by atoms with Gasteiger partial charge in [-0.1, -0.05) is 15.9 Å². The number of esters is 1. The Bertz CT molecular complexity index is 768. The molecule has 8 heteroatoms. The largest absolute Gasteiger partial charge is 0.452 e. The van der Waals surface area contributed by atoms with Crippen molar-refractivity contribution in [3.8, 4) is 0 Å². The number of hydrogen-bond donors (Lipinski definition) is 1. The number of hydrogen-bond acceptors (Lipinski definition) is 3. The van der Waals surface area contributed by atoms with E-state index in [0.717, 1.165) is 24.3 Å². The zero-order chi connectivity index (χ0) is 17.0. The van der Waals surface area contributed by atoms with Gasteiger partial charge in [0.05, 0.1) is 5.56 Å². The Morgan fingerprint density at radius 3 is 2.39 bits per heavy atom. The molecule has 0 aliphatic rings. The van der Waals surface area contributed by atoms with E-state index >= 15 is 0 Å². The molecule has 0 saturated carbocycles. The monoisotopic (exact) mass is 387 g/mol. The summed E-state index contributed by atoms with van der Waals surface area (Å²) in [4.78, 5) is 23.2. The van der Waals surface area contributed by atoms with Gasteiger partial charge in [-0.15, -0.1) is 0 Å². The molecule has 0 bridgehead atoms. The highest BCUT2D eigenvalue weighted by Crippen LogP contribution is 2.16. The van der Waals surface area contributed by atoms with Gasteiger partial charge in [0.25, 0.3) is 5.91 Å². The van der Waals surface area contributed by atoms with Crippen molar-refractivity contribution in [2.45, 2.75) is 0 Å². The van der Waals surface area contributed by atoms with Gasteiger partial charge in [-0.3, -0.25) is 4.79 Å². The van der Waals surface area contributed by atoms with E-state index in [1.165, 1.54) is 12.1 Å². The molecule has 23 heavy (non-hydrogen) atoms. The SMILES string of the molecule is O=C(COC(=O)c1ccc(Br)cc1F)Nc1ccc(F)c(F)c1. The van der Waals surface area contributed by atoms with Crippen molar-refractivity contribution in [2.75, 3.05) is 11.9 Å². The van der Waals surface area contributed by atoms with E-state index in [4.69, 9.17) is 0 Å². The van der Waals surface area contributed by atoms with Gasteiger partial charge in [-0.05, 0) is 30.3 Å². The summed E-state index contributed by atoms with van der Waals surface area (Å²) in [6, 6.07) is 6.50. The minimum atomic E-state index is -1.13. The number of amides is 1. The third kappa shape index (κ3) is 4.56. The van der Waals surface area contributed by atoms with Gasteiger partial charge >= 0.3 is 5.97 Å². The van der Waals surface area contributed by atoms with E-state index in [2.05, 4.69) is 26.0 Å². The normalized spacial score (nSPS) is 10.3. The molecule has 0 unspecified atom stereocenters. The summed E-state index contributed by atoms with van der Waals surface area (Å²) in [7, 11) is 0. The molecule has 1 N–H and O–H groups in total. The molecule has 0 saturated heterocycles. The van der Waals surface area contributed by atoms with Gasteiger partial charge in [0.2, 0.25) is 0 Å². The molecule has 0 aliphatic heterocycles. The molecule has 0 radical (unpaired) electrons. The third-order valence-corrected chi connectivity index (χ3v) is 3.18. The topological polar surface area (TPSA) is 55.4 Å². The number of anilines is 1. The number of halogens is 4. The summed E-state index contributed by atoms with van der Waals surface area (Å²) in [5, 5.41) is 2.22. The molecule has 120 valence electrons. The molecule has 1 amide bonds. The van der Waals surface area contributed by atoms with Crippen LogP contribution in [0.2, 0.25) is 0 Å². The van der Waals surface area contributed by atoms with Crippen LogP contribution in [-0.4, -0.2) is 18.5 Å². The van der Waals surface area contributed by atoms with Crippen LogP contribution in [0.3, 0.4) is 0 Å².